The second-order valence-electron chi connectivity index (χ2n) is 10.6. The van der Waals surface area contributed by atoms with E-state index in [-0.39, 0.29) is 48.1 Å². The van der Waals surface area contributed by atoms with E-state index in [9.17, 15) is 23.2 Å². The number of nitrogens with one attached hydrogen (secondary N) is 1. The molecule has 1 aliphatic heterocycles. The first-order valence-electron chi connectivity index (χ1n) is 13.6. The molecule has 0 radical (unpaired) electrons. The number of fused-ring (bicyclic) bond motifs is 2. The zero-order chi connectivity index (χ0) is 30.4. The lowest BCUT2D eigenvalue weighted by Gasteiger charge is -2.24. The van der Waals surface area contributed by atoms with Crippen LogP contribution in [0.3, 0.4) is 0 Å². The Bertz CT molecular complexity index is 1920. The number of hydrogen-bond donors (Lipinski definition) is 1. The number of benzene rings is 2. The maximum Gasteiger partial charge on any atom is 0.245 e. The Labute approximate surface area is 249 Å². The number of Topliss-reactive ketones (excluding diaryl/α,β-unsaturated/α-hetero) is 1. The summed E-state index contributed by atoms with van der Waals surface area (Å²) in [6.07, 6.45) is 1.96. The lowest BCUT2D eigenvalue weighted by Crippen LogP contribution is -2.46. The van der Waals surface area contributed by atoms with E-state index in [2.05, 4.69) is 20.5 Å². The van der Waals surface area contributed by atoms with E-state index in [1.807, 2.05) is 25.3 Å². The zero-order valence-corrected chi connectivity index (χ0v) is 24.0. The molecule has 1 fully saturated rings. The molecule has 0 unspecified atom stereocenters. The molecule has 13 heteroatoms. The first-order valence-corrected chi connectivity index (χ1v) is 13.9. The van der Waals surface area contributed by atoms with Crippen LogP contribution in [0.2, 0.25) is 5.02 Å². The fourth-order valence-electron chi connectivity index (χ4n) is 5.40. The second kappa shape index (κ2) is 11.2. The lowest BCUT2D eigenvalue weighted by atomic mass is 10.0. The van der Waals surface area contributed by atoms with Crippen LogP contribution in [0.15, 0.2) is 54.9 Å². The minimum absolute atomic E-state index is 0.0810. The normalized spacial score (nSPS) is 16.7. The van der Waals surface area contributed by atoms with Gasteiger partial charge in [-0.05, 0) is 30.7 Å². The molecule has 10 nitrogen and oxygen atoms in total. The fourth-order valence-corrected chi connectivity index (χ4v) is 5.59. The van der Waals surface area contributed by atoms with Gasteiger partial charge in [0.15, 0.2) is 11.4 Å². The third-order valence-corrected chi connectivity index (χ3v) is 7.79. The van der Waals surface area contributed by atoms with E-state index >= 15 is 0 Å². The number of nitrogens with zero attached hydrogens (tertiary/aromatic N) is 6. The standard InChI is InChI=1S/C30H26ClF2N7O3/c1-16-8-26-34-12-20(13-40(26)36-16)18-6-7-24-22(9-18)29(17(2)41)37-39(24)15-27(42)38-14-21(32)10-25(38)30(43)35-11-19-4-3-5-23(31)28(19)33/h3-9,12-13,21,25H,10-11,14-15H2,1-2H3,(H,35,43)/t21-,25+/m1/s1. The smallest absolute Gasteiger partial charge is 0.245 e. The van der Waals surface area contributed by atoms with Crippen molar-refractivity contribution in [2.45, 2.75) is 45.6 Å². The van der Waals surface area contributed by atoms with Gasteiger partial charge >= 0.3 is 0 Å². The van der Waals surface area contributed by atoms with Gasteiger partial charge in [-0.25, -0.2) is 18.3 Å². The molecule has 5 aromatic rings. The molecule has 220 valence electrons. The van der Waals surface area contributed by atoms with Gasteiger partial charge in [0.25, 0.3) is 0 Å². The summed E-state index contributed by atoms with van der Waals surface area (Å²) in [5.74, 6) is -2.10. The van der Waals surface area contributed by atoms with Gasteiger partial charge in [-0.3, -0.25) is 19.1 Å². The van der Waals surface area contributed by atoms with E-state index in [4.69, 9.17) is 11.6 Å². The van der Waals surface area contributed by atoms with Gasteiger partial charge in [-0.1, -0.05) is 29.8 Å². The third kappa shape index (κ3) is 5.45. The Morgan fingerprint density at radius 3 is 2.72 bits per heavy atom. The monoisotopic (exact) mass is 605 g/mol. The summed E-state index contributed by atoms with van der Waals surface area (Å²) in [4.78, 5) is 44.5. The van der Waals surface area contributed by atoms with Crippen LogP contribution < -0.4 is 5.32 Å². The van der Waals surface area contributed by atoms with Gasteiger partial charge in [0.1, 0.15) is 30.3 Å². The minimum Gasteiger partial charge on any atom is -0.350 e. The van der Waals surface area contributed by atoms with Gasteiger partial charge in [-0.2, -0.15) is 10.2 Å². The van der Waals surface area contributed by atoms with Crippen LogP contribution in [0.25, 0.3) is 27.7 Å². The van der Waals surface area contributed by atoms with Crippen LogP contribution in [0.1, 0.15) is 35.1 Å². The molecule has 0 bridgehead atoms. The Morgan fingerprint density at radius 1 is 1.12 bits per heavy atom. The molecule has 6 rings (SSSR count). The number of amides is 2. The molecule has 1 aliphatic rings. The molecule has 4 heterocycles. The topological polar surface area (TPSA) is 114 Å². The average molecular weight is 606 g/mol. The maximum absolute atomic E-state index is 14.5. The number of aryl methyl sites for hydroxylation is 1. The van der Waals surface area contributed by atoms with Crippen molar-refractivity contribution in [3.63, 3.8) is 0 Å². The van der Waals surface area contributed by atoms with Crippen LogP contribution in [0.4, 0.5) is 8.78 Å². The van der Waals surface area contributed by atoms with Crippen LogP contribution in [0.5, 0.6) is 0 Å². The molecule has 2 amide bonds. The average Bonchev–Trinajstić information content (AvgIpc) is 3.67. The minimum atomic E-state index is -1.41. The van der Waals surface area contributed by atoms with Gasteiger partial charge in [-0.15, -0.1) is 0 Å². The van der Waals surface area contributed by atoms with E-state index in [1.165, 1.54) is 23.7 Å². The number of carbonyl (C=O) groups excluding carboxylic acids is 3. The highest BCUT2D eigenvalue weighted by Crippen LogP contribution is 2.28. The number of likely N-dealkylation sites (tertiary alicyclic amines) is 1. The van der Waals surface area contributed by atoms with Crippen LogP contribution in [-0.2, 0) is 22.7 Å². The van der Waals surface area contributed by atoms with E-state index in [0.29, 0.717) is 16.6 Å². The third-order valence-electron chi connectivity index (χ3n) is 7.50. The Balaban J connectivity index is 1.24. The second-order valence-corrected chi connectivity index (χ2v) is 11.0. The SMILES string of the molecule is CC(=O)c1nn(CC(=O)N2C[C@H](F)C[C@H]2C(=O)NCc2cccc(Cl)c2F)c2ccc(-c3cnc4cc(C)nn4c3)cc12. The summed E-state index contributed by atoms with van der Waals surface area (Å²) >= 11 is 5.82. The molecule has 0 saturated carbocycles. The molecule has 0 aliphatic carbocycles. The van der Waals surface area contributed by atoms with Crippen LogP contribution >= 0.6 is 11.6 Å². The maximum atomic E-state index is 14.5. The lowest BCUT2D eigenvalue weighted by molar-refractivity contribution is -0.139. The largest absolute Gasteiger partial charge is 0.350 e. The van der Waals surface area contributed by atoms with Gasteiger partial charge in [0.2, 0.25) is 11.8 Å². The van der Waals surface area contributed by atoms with E-state index in [0.717, 1.165) is 21.7 Å². The van der Waals surface area contributed by atoms with Crippen molar-refractivity contribution in [2.75, 3.05) is 6.54 Å². The van der Waals surface area contributed by atoms with Gasteiger partial charge in [0.05, 0.1) is 22.8 Å². The Hall–Kier alpha value is -4.71. The van der Waals surface area contributed by atoms with Gasteiger partial charge in [0, 0.05) is 54.9 Å². The predicted octanol–water partition coefficient (Wildman–Crippen LogP) is 4.30. The quantitative estimate of drug-likeness (QED) is 0.277. The van der Waals surface area contributed by atoms with Crippen LogP contribution in [0, 0.1) is 12.7 Å². The molecule has 1 N–H and O–H groups in total. The summed E-state index contributed by atoms with van der Waals surface area (Å²) in [5.41, 5.74) is 3.96. The molecule has 0 spiro atoms. The molecular weight excluding hydrogens is 580 g/mol. The number of hydrogen-bond acceptors (Lipinski definition) is 6. The predicted molar refractivity (Wildman–Crippen MR) is 155 cm³/mol. The number of aromatic nitrogens is 5. The van der Waals surface area contributed by atoms with Crippen molar-refractivity contribution < 1.29 is 23.2 Å². The summed E-state index contributed by atoms with van der Waals surface area (Å²) < 4.78 is 31.8. The number of halogens is 3. The van der Waals surface area contributed by atoms with Crippen molar-refractivity contribution in [3.8, 4) is 11.1 Å². The Kier molecular flexibility index (Phi) is 7.38. The van der Waals surface area contributed by atoms with Crippen molar-refractivity contribution in [2.24, 2.45) is 0 Å². The van der Waals surface area contributed by atoms with Gasteiger partial charge < -0.3 is 10.2 Å². The van der Waals surface area contributed by atoms with E-state index < -0.39 is 29.8 Å². The van der Waals surface area contributed by atoms with Crippen molar-refractivity contribution in [1.82, 2.24) is 34.6 Å². The van der Waals surface area contributed by atoms with Crippen molar-refractivity contribution >= 4 is 45.7 Å². The molecule has 3 aromatic heterocycles. The number of alkyl halides is 1. The van der Waals surface area contributed by atoms with E-state index in [1.54, 1.807) is 28.9 Å². The number of rotatable bonds is 7. The molecule has 2 atom stereocenters. The highest BCUT2D eigenvalue weighted by Gasteiger charge is 2.40. The fraction of sp³-hybridized carbons (Fsp3) is 0.267. The van der Waals surface area contributed by atoms with Crippen molar-refractivity contribution in [3.05, 3.63) is 82.6 Å². The van der Waals surface area contributed by atoms with Crippen LogP contribution in [-0.4, -0.2) is 65.6 Å². The molecule has 43 heavy (non-hydrogen) atoms. The first kappa shape index (κ1) is 28.4. The molecule has 2 aromatic carbocycles. The summed E-state index contributed by atoms with van der Waals surface area (Å²) in [7, 11) is 0. The number of carbonyl (C=O) groups is 3. The first-order chi connectivity index (χ1) is 20.6. The summed E-state index contributed by atoms with van der Waals surface area (Å²) in [5, 5.41) is 11.9. The van der Waals surface area contributed by atoms with Crippen molar-refractivity contribution in [1.29, 1.82) is 0 Å². The zero-order valence-electron chi connectivity index (χ0n) is 23.2. The summed E-state index contributed by atoms with van der Waals surface area (Å²) in [6, 6.07) is 10.6. The highest BCUT2D eigenvalue weighted by atomic mass is 35.5. The number of ketones is 1. The highest BCUT2D eigenvalue weighted by molar-refractivity contribution is 6.30. The molecular formula is C30H26ClF2N7O3. The Morgan fingerprint density at radius 2 is 1.93 bits per heavy atom. The molecule has 1 saturated heterocycles. The summed E-state index contributed by atoms with van der Waals surface area (Å²) in [6.45, 7) is 2.51.